The van der Waals surface area contributed by atoms with Crippen molar-refractivity contribution in [3.63, 3.8) is 0 Å². The van der Waals surface area contributed by atoms with Crippen molar-refractivity contribution in [1.29, 1.82) is 0 Å². The van der Waals surface area contributed by atoms with E-state index in [-0.39, 0.29) is 12.3 Å². The molecule has 5 heteroatoms. The number of methoxy groups -OCH3 is 1. The van der Waals surface area contributed by atoms with Crippen molar-refractivity contribution in [3.8, 4) is 11.5 Å². The Labute approximate surface area is 146 Å². The first-order valence-corrected chi connectivity index (χ1v) is 8.53. The molecule has 2 atom stereocenters. The fourth-order valence-corrected chi connectivity index (χ4v) is 3.54. The van der Waals surface area contributed by atoms with Gasteiger partial charge in [0.15, 0.2) is 6.23 Å². The zero-order chi connectivity index (χ0) is 16.7. The summed E-state index contributed by atoms with van der Waals surface area (Å²) in [5.41, 5.74) is 3.29. The molecule has 2 aliphatic rings. The molecule has 4 nitrogen and oxygen atoms in total. The highest BCUT2D eigenvalue weighted by Gasteiger charge is 2.39. The van der Waals surface area contributed by atoms with Gasteiger partial charge in [0.2, 0.25) is 0 Å². The van der Waals surface area contributed by atoms with Gasteiger partial charge in [-0.15, -0.1) is 0 Å². The van der Waals surface area contributed by atoms with Crippen LogP contribution in [0.1, 0.15) is 36.9 Å². The molecule has 2 aromatic carbocycles. The van der Waals surface area contributed by atoms with Crippen LogP contribution in [0.2, 0.25) is 5.02 Å². The molecule has 2 heterocycles. The lowest BCUT2D eigenvalue weighted by molar-refractivity contribution is -0.0188. The molecule has 2 aromatic rings. The van der Waals surface area contributed by atoms with Crippen molar-refractivity contribution in [1.82, 2.24) is 5.01 Å². The van der Waals surface area contributed by atoms with Crippen LogP contribution in [0, 0.1) is 0 Å². The first-order chi connectivity index (χ1) is 11.7. The molecule has 0 fully saturated rings. The SMILES string of the molecule is CC[C@H]1Oc2ccc(Cl)cc2[C@@H]2CC(c3ccc(OC)cc3)=NN12. The second kappa shape index (κ2) is 6.02. The second-order valence-electron chi connectivity index (χ2n) is 6.04. The highest BCUT2D eigenvalue weighted by atomic mass is 35.5. The third-order valence-electron chi connectivity index (χ3n) is 4.60. The van der Waals surface area contributed by atoms with Gasteiger partial charge in [0.1, 0.15) is 11.5 Å². The van der Waals surface area contributed by atoms with Gasteiger partial charge in [-0.1, -0.05) is 18.5 Å². The third kappa shape index (κ3) is 2.51. The van der Waals surface area contributed by atoms with Crippen LogP contribution in [0.15, 0.2) is 47.6 Å². The Kier molecular flexibility index (Phi) is 3.85. The summed E-state index contributed by atoms with van der Waals surface area (Å²) in [5.74, 6) is 1.76. The minimum Gasteiger partial charge on any atom is -0.497 e. The quantitative estimate of drug-likeness (QED) is 0.815. The molecule has 0 unspecified atom stereocenters. The fraction of sp³-hybridized carbons (Fsp3) is 0.316. The van der Waals surface area contributed by atoms with Gasteiger partial charge in [0.25, 0.3) is 0 Å². The Morgan fingerprint density at radius 3 is 2.75 bits per heavy atom. The number of ether oxygens (including phenoxy) is 2. The Bertz CT molecular complexity index is 788. The van der Waals surface area contributed by atoms with Crippen molar-refractivity contribution >= 4 is 17.3 Å². The van der Waals surface area contributed by atoms with Crippen LogP contribution in [-0.4, -0.2) is 24.1 Å². The summed E-state index contributed by atoms with van der Waals surface area (Å²) in [6, 6.07) is 14.0. The van der Waals surface area contributed by atoms with E-state index in [1.54, 1.807) is 7.11 Å². The van der Waals surface area contributed by atoms with E-state index >= 15 is 0 Å². The average molecular weight is 343 g/mol. The summed E-state index contributed by atoms with van der Waals surface area (Å²) in [5, 5.41) is 7.67. The van der Waals surface area contributed by atoms with Crippen molar-refractivity contribution in [2.45, 2.75) is 32.0 Å². The average Bonchev–Trinajstić information content (AvgIpc) is 3.07. The normalized spacial score (nSPS) is 21.6. The third-order valence-corrected chi connectivity index (χ3v) is 4.84. The van der Waals surface area contributed by atoms with E-state index in [0.29, 0.717) is 0 Å². The molecule has 0 N–H and O–H groups in total. The summed E-state index contributed by atoms with van der Waals surface area (Å²) in [4.78, 5) is 0. The van der Waals surface area contributed by atoms with Crippen molar-refractivity contribution in [2.75, 3.05) is 7.11 Å². The largest absolute Gasteiger partial charge is 0.497 e. The summed E-state index contributed by atoms with van der Waals surface area (Å²) >= 11 is 6.20. The number of halogens is 1. The number of hydrogen-bond acceptors (Lipinski definition) is 4. The van der Waals surface area contributed by atoms with Gasteiger partial charge in [-0.25, -0.2) is 0 Å². The highest BCUT2D eigenvalue weighted by Crippen LogP contribution is 2.44. The topological polar surface area (TPSA) is 34.1 Å². The first kappa shape index (κ1) is 15.3. The fourth-order valence-electron chi connectivity index (χ4n) is 3.36. The van der Waals surface area contributed by atoms with E-state index in [1.165, 1.54) is 0 Å². The van der Waals surface area contributed by atoms with Crippen LogP contribution in [-0.2, 0) is 0 Å². The van der Waals surface area contributed by atoms with E-state index in [0.717, 1.165) is 46.2 Å². The molecule has 0 saturated heterocycles. The highest BCUT2D eigenvalue weighted by molar-refractivity contribution is 6.30. The maximum absolute atomic E-state index is 6.20. The number of hydrogen-bond donors (Lipinski definition) is 0. The molecule has 0 bridgehead atoms. The van der Waals surface area contributed by atoms with E-state index in [4.69, 9.17) is 26.2 Å². The predicted molar refractivity (Wildman–Crippen MR) is 94.9 cm³/mol. The predicted octanol–water partition coefficient (Wildman–Crippen LogP) is 4.63. The summed E-state index contributed by atoms with van der Waals surface area (Å²) in [6.45, 7) is 2.11. The maximum atomic E-state index is 6.20. The Balaban J connectivity index is 1.70. The van der Waals surface area contributed by atoms with E-state index in [9.17, 15) is 0 Å². The van der Waals surface area contributed by atoms with E-state index < -0.39 is 0 Å². The van der Waals surface area contributed by atoms with Crippen LogP contribution >= 0.6 is 11.6 Å². The zero-order valence-electron chi connectivity index (χ0n) is 13.7. The zero-order valence-corrected chi connectivity index (χ0v) is 14.5. The molecule has 4 rings (SSSR count). The number of benzene rings is 2. The van der Waals surface area contributed by atoms with Crippen LogP contribution in [0.25, 0.3) is 0 Å². The maximum Gasteiger partial charge on any atom is 0.187 e. The molecule has 0 radical (unpaired) electrons. The van der Waals surface area contributed by atoms with Crippen molar-refractivity contribution in [2.24, 2.45) is 5.10 Å². The van der Waals surface area contributed by atoms with Gasteiger partial charge in [0.05, 0.1) is 18.9 Å². The molecule has 0 aliphatic carbocycles. The number of nitrogens with zero attached hydrogens (tertiary/aromatic N) is 2. The van der Waals surface area contributed by atoms with Gasteiger partial charge >= 0.3 is 0 Å². The van der Waals surface area contributed by atoms with Crippen LogP contribution in [0.5, 0.6) is 11.5 Å². The van der Waals surface area contributed by atoms with E-state index in [1.807, 2.05) is 30.3 Å². The lowest BCUT2D eigenvalue weighted by Crippen LogP contribution is -2.39. The molecule has 0 saturated carbocycles. The molecule has 124 valence electrons. The summed E-state index contributed by atoms with van der Waals surface area (Å²) in [7, 11) is 1.67. The minimum atomic E-state index is -0.0422. The smallest absolute Gasteiger partial charge is 0.187 e. The molecular weight excluding hydrogens is 324 g/mol. The minimum absolute atomic E-state index is 0.0422. The van der Waals surface area contributed by atoms with Gasteiger partial charge in [0, 0.05) is 23.4 Å². The number of hydrazone groups is 1. The van der Waals surface area contributed by atoms with Crippen molar-refractivity contribution in [3.05, 3.63) is 58.6 Å². The molecule has 0 spiro atoms. The Morgan fingerprint density at radius 2 is 2.04 bits per heavy atom. The summed E-state index contributed by atoms with van der Waals surface area (Å²) in [6.07, 6.45) is 1.68. The second-order valence-corrected chi connectivity index (χ2v) is 6.47. The Morgan fingerprint density at radius 1 is 1.25 bits per heavy atom. The van der Waals surface area contributed by atoms with Gasteiger partial charge in [-0.2, -0.15) is 5.10 Å². The number of rotatable bonds is 3. The lowest BCUT2D eigenvalue weighted by Gasteiger charge is -2.37. The van der Waals surface area contributed by atoms with Crippen LogP contribution < -0.4 is 9.47 Å². The van der Waals surface area contributed by atoms with Crippen molar-refractivity contribution < 1.29 is 9.47 Å². The monoisotopic (exact) mass is 342 g/mol. The van der Waals surface area contributed by atoms with Gasteiger partial charge in [-0.3, -0.25) is 5.01 Å². The van der Waals surface area contributed by atoms with Crippen LogP contribution in [0.4, 0.5) is 0 Å². The van der Waals surface area contributed by atoms with Crippen LogP contribution in [0.3, 0.4) is 0 Å². The standard InChI is InChI=1S/C19H19ClN2O2/c1-3-19-22-17(15-10-13(20)6-9-18(15)24-19)11-16(21-22)12-4-7-14(23-2)8-5-12/h4-10,17,19H,3,11H2,1-2H3/t17-,19+/m0/s1. The summed E-state index contributed by atoms with van der Waals surface area (Å²) < 4.78 is 11.3. The first-order valence-electron chi connectivity index (χ1n) is 8.16. The molecular formula is C19H19ClN2O2. The lowest BCUT2D eigenvalue weighted by atomic mass is 9.96. The van der Waals surface area contributed by atoms with E-state index in [2.05, 4.69) is 24.1 Å². The van der Waals surface area contributed by atoms with Gasteiger partial charge < -0.3 is 9.47 Å². The molecule has 0 aromatic heterocycles. The molecule has 2 aliphatic heterocycles. The molecule has 0 amide bonds. The Hall–Kier alpha value is -2.20. The van der Waals surface area contributed by atoms with Gasteiger partial charge in [-0.05, 0) is 48.0 Å². The number of fused-ring (bicyclic) bond motifs is 3. The molecule has 24 heavy (non-hydrogen) atoms.